The van der Waals surface area contributed by atoms with Gasteiger partial charge in [-0.1, -0.05) is 55.9 Å². The van der Waals surface area contributed by atoms with E-state index in [4.69, 9.17) is 4.74 Å². The van der Waals surface area contributed by atoms with Crippen LogP contribution in [0.25, 0.3) is 0 Å². The van der Waals surface area contributed by atoms with Crippen LogP contribution in [0.3, 0.4) is 0 Å². The van der Waals surface area contributed by atoms with Gasteiger partial charge in [0.2, 0.25) is 0 Å². The number of morpholine rings is 1. The van der Waals surface area contributed by atoms with Gasteiger partial charge >= 0.3 is 0 Å². The molecule has 2 nitrogen and oxygen atoms in total. The second-order valence-corrected chi connectivity index (χ2v) is 7.46. The van der Waals surface area contributed by atoms with Gasteiger partial charge in [-0.25, -0.2) is 0 Å². The SMILES string of the molecule is CC(C)c1ccccc1Sc1cccc(C[C@H]2CNCCO2)c1. The average molecular weight is 327 g/mol. The first kappa shape index (κ1) is 16.6. The Balaban J connectivity index is 1.72. The minimum absolute atomic E-state index is 0.298. The Hall–Kier alpha value is -1.29. The molecule has 1 fully saturated rings. The van der Waals surface area contributed by atoms with Gasteiger partial charge in [0.1, 0.15) is 0 Å². The maximum absolute atomic E-state index is 5.82. The largest absolute Gasteiger partial charge is 0.375 e. The summed E-state index contributed by atoms with van der Waals surface area (Å²) >= 11 is 1.86. The molecule has 0 spiro atoms. The molecular formula is C20H25NOS. The topological polar surface area (TPSA) is 21.3 Å². The van der Waals surface area contributed by atoms with E-state index < -0.39 is 0 Å². The Bertz CT molecular complexity index is 635. The summed E-state index contributed by atoms with van der Waals surface area (Å²) in [6.45, 7) is 7.25. The molecule has 2 aromatic carbocycles. The second kappa shape index (κ2) is 8.00. The van der Waals surface area contributed by atoms with E-state index in [1.807, 2.05) is 11.8 Å². The maximum Gasteiger partial charge on any atom is 0.0740 e. The summed E-state index contributed by atoms with van der Waals surface area (Å²) in [6.07, 6.45) is 1.28. The smallest absolute Gasteiger partial charge is 0.0740 e. The normalized spacial score (nSPS) is 18.3. The summed E-state index contributed by atoms with van der Waals surface area (Å²) in [6, 6.07) is 17.6. The fourth-order valence-electron chi connectivity index (χ4n) is 2.93. The third kappa shape index (κ3) is 4.60. The van der Waals surface area contributed by atoms with E-state index in [0.717, 1.165) is 26.1 Å². The van der Waals surface area contributed by atoms with E-state index in [2.05, 4.69) is 67.7 Å². The lowest BCUT2D eigenvalue weighted by Gasteiger charge is -2.23. The molecule has 0 saturated carbocycles. The summed E-state index contributed by atoms with van der Waals surface area (Å²) in [5.74, 6) is 0.545. The highest BCUT2D eigenvalue weighted by atomic mass is 32.2. The second-order valence-electron chi connectivity index (χ2n) is 6.34. The molecule has 0 radical (unpaired) electrons. The van der Waals surface area contributed by atoms with Crippen molar-refractivity contribution in [3.8, 4) is 0 Å². The van der Waals surface area contributed by atoms with Crippen LogP contribution in [-0.4, -0.2) is 25.8 Å². The summed E-state index contributed by atoms with van der Waals surface area (Å²) in [5, 5.41) is 3.40. The van der Waals surface area contributed by atoms with Gasteiger partial charge in [-0.3, -0.25) is 0 Å². The molecule has 2 aromatic rings. The van der Waals surface area contributed by atoms with Crippen LogP contribution >= 0.6 is 11.8 Å². The maximum atomic E-state index is 5.82. The summed E-state index contributed by atoms with van der Waals surface area (Å²) in [4.78, 5) is 2.66. The fourth-order valence-corrected chi connectivity index (χ4v) is 4.11. The molecule has 1 N–H and O–H groups in total. The van der Waals surface area contributed by atoms with Crippen molar-refractivity contribution in [2.75, 3.05) is 19.7 Å². The van der Waals surface area contributed by atoms with Crippen LogP contribution in [-0.2, 0) is 11.2 Å². The highest BCUT2D eigenvalue weighted by Gasteiger charge is 2.14. The minimum Gasteiger partial charge on any atom is -0.375 e. The minimum atomic E-state index is 0.298. The van der Waals surface area contributed by atoms with Gasteiger partial charge in [0.15, 0.2) is 0 Å². The lowest BCUT2D eigenvalue weighted by Crippen LogP contribution is -2.39. The quantitative estimate of drug-likeness (QED) is 0.874. The highest BCUT2D eigenvalue weighted by Crippen LogP contribution is 2.34. The zero-order valence-corrected chi connectivity index (χ0v) is 14.7. The van der Waals surface area contributed by atoms with Gasteiger partial charge in [-0.05, 0) is 41.7 Å². The van der Waals surface area contributed by atoms with Crippen LogP contribution in [0.1, 0.15) is 30.9 Å². The Kier molecular flexibility index (Phi) is 5.76. The zero-order chi connectivity index (χ0) is 16.1. The van der Waals surface area contributed by atoms with Crippen LogP contribution in [0.2, 0.25) is 0 Å². The van der Waals surface area contributed by atoms with Gasteiger partial charge in [0.25, 0.3) is 0 Å². The first-order chi connectivity index (χ1) is 11.2. The molecule has 122 valence electrons. The molecule has 23 heavy (non-hydrogen) atoms. The number of hydrogen-bond acceptors (Lipinski definition) is 3. The van der Waals surface area contributed by atoms with E-state index in [-0.39, 0.29) is 0 Å². The Morgan fingerprint density at radius 1 is 1.17 bits per heavy atom. The van der Waals surface area contributed by atoms with E-state index in [9.17, 15) is 0 Å². The van der Waals surface area contributed by atoms with Crippen molar-refractivity contribution < 1.29 is 4.74 Å². The van der Waals surface area contributed by atoms with E-state index >= 15 is 0 Å². The Labute approximate surface area is 143 Å². The van der Waals surface area contributed by atoms with Crippen molar-refractivity contribution in [3.05, 3.63) is 59.7 Å². The Morgan fingerprint density at radius 3 is 2.83 bits per heavy atom. The van der Waals surface area contributed by atoms with Crippen LogP contribution in [0.5, 0.6) is 0 Å². The molecule has 0 aromatic heterocycles. The summed E-state index contributed by atoms with van der Waals surface area (Å²) in [7, 11) is 0. The average Bonchev–Trinajstić information content (AvgIpc) is 2.56. The molecule has 0 aliphatic carbocycles. The molecule has 1 heterocycles. The number of benzene rings is 2. The monoisotopic (exact) mass is 327 g/mol. The zero-order valence-electron chi connectivity index (χ0n) is 13.9. The molecule has 1 aliphatic rings. The number of nitrogens with one attached hydrogen (secondary N) is 1. The third-order valence-electron chi connectivity index (χ3n) is 4.14. The van der Waals surface area contributed by atoms with Crippen molar-refractivity contribution in [3.63, 3.8) is 0 Å². The lowest BCUT2D eigenvalue weighted by atomic mass is 10.0. The molecule has 0 unspecified atom stereocenters. The van der Waals surface area contributed by atoms with Crippen LogP contribution in [0.4, 0.5) is 0 Å². The van der Waals surface area contributed by atoms with E-state index in [1.165, 1.54) is 20.9 Å². The van der Waals surface area contributed by atoms with Gasteiger partial charge in [-0.2, -0.15) is 0 Å². The molecule has 1 atom stereocenters. The molecular weight excluding hydrogens is 302 g/mol. The van der Waals surface area contributed by atoms with Crippen molar-refractivity contribution in [1.29, 1.82) is 0 Å². The van der Waals surface area contributed by atoms with E-state index in [1.54, 1.807) is 0 Å². The lowest BCUT2D eigenvalue weighted by molar-refractivity contribution is 0.0292. The highest BCUT2D eigenvalue weighted by molar-refractivity contribution is 7.99. The molecule has 1 aliphatic heterocycles. The first-order valence-electron chi connectivity index (χ1n) is 8.40. The van der Waals surface area contributed by atoms with E-state index in [0.29, 0.717) is 12.0 Å². The fraction of sp³-hybridized carbons (Fsp3) is 0.400. The third-order valence-corrected chi connectivity index (χ3v) is 5.22. The number of hydrogen-bond donors (Lipinski definition) is 1. The number of rotatable bonds is 5. The van der Waals surface area contributed by atoms with Crippen molar-refractivity contribution in [1.82, 2.24) is 5.32 Å². The molecule has 0 amide bonds. The van der Waals surface area contributed by atoms with Gasteiger partial charge in [-0.15, -0.1) is 0 Å². The van der Waals surface area contributed by atoms with Crippen molar-refractivity contribution >= 4 is 11.8 Å². The summed E-state index contributed by atoms with van der Waals surface area (Å²) in [5.41, 5.74) is 2.77. The summed E-state index contributed by atoms with van der Waals surface area (Å²) < 4.78 is 5.82. The standard InChI is InChI=1S/C20H25NOS/c1-15(2)19-8-3-4-9-20(19)23-18-7-5-6-16(13-18)12-17-14-21-10-11-22-17/h3-9,13,15,17,21H,10-12,14H2,1-2H3/t17-/m0/s1. The molecule has 0 bridgehead atoms. The van der Waals surface area contributed by atoms with Gasteiger partial charge in [0, 0.05) is 22.9 Å². The van der Waals surface area contributed by atoms with Crippen molar-refractivity contribution in [2.24, 2.45) is 0 Å². The first-order valence-corrected chi connectivity index (χ1v) is 9.22. The molecule has 1 saturated heterocycles. The van der Waals surface area contributed by atoms with Crippen LogP contribution in [0.15, 0.2) is 58.3 Å². The number of ether oxygens (including phenoxy) is 1. The van der Waals surface area contributed by atoms with Crippen molar-refractivity contribution in [2.45, 2.75) is 42.1 Å². The Morgan fingerprint density at radius 2 is 2.04 bits per heavy atom. The van der Waals surface area contributed by atoms with Crippen LogP contribution < -0.4 is 5.32 Å². The van der Waals surface area contributed by atoms with Crippen LogP contribution in [0, 0.1) is 0 Å². The van der Waals surface area contributed by atoms with Gasteiger partial charge in [0.05, 0.1) is 12.7 Å². The predicted molar refractivity (Wildman–Crippen MR) is 97.4 cm³/mol. The van der Waals surface area contributed by atoms with Gasteiger partial charge < -0.3 is 10.1 Å². The molecule has 3 rings (SSSR count). The molecule has 3 heteroatoms. The predicted octanol–water partition coefficient (Wildman–Crippen LogP) is 4.49.